The number of morpholine rings is 1. The smallest absolute Gasteiger partial charge is 0.303 e. The molecule has 6 saturated carbocycles. The summed E-state index contributed by atoms with van der Waals surface area (Å²) >= 11 is 0. The van der Waals surface area contributed by atoms with E-state index in [1.807, 2.05) is 0 Å². The van der Waals surface area contributed by atoms with Crippen LogP contribution >= 0.6 is 0 Å². The average Bonchev–Trinajstić information content (AvgIpc) is 3.24. The van der Waals surface area contributed by atoms with Gasteiger partial charge in [-0.1, -0.05) is 34.6 Å². The lowest BCUT2D eigenvalue weighted by Crippen LogP contribution is -2.76. The number of rotatable bonds is 6. The monoisotopic (exact) mass is 714 g/mol. The van der Waals surface area contributed by atoms with Crippen LogP contribution in [0.5, 0.6) is 0 Å². The second kappa shape index (κ2) is 12.1. The Hall–Kier alpha value is -1.30. The molecule has 1 amide bonds. The molecular weight excluding hydrogens is 648 g/mol. The molecule has 10 heteroatoms. The van der Waals surface area contributed by atoms with E-state index in [9.17, 15) is 19.8 Å². The number of nitrogens with one attached hydrogen (secondary N) is 1. The molecule has 9 fully saturated rings. The van der Waals surface area contributed by atoms with Crippen molar-refractivity contribution in [3.05, 3.63) is 0 Å². The van der Waals surface area contributed by atoms with Crippen LogP contribution in [0.1, 0.15) is 120 Å². The zero-order chi connectivity index (χ0) is 36.5. The van der Waals surface area contributed by atoms with Crippen LogP contribution in [0, 0.1) is 50.7 Å². The molecule has 0 aromatic carbocycles. The second-order valence-electron chi connectivity index (χ2n) is 20.1. The van der Waals surface area contributed by atoms with Crippen molar-refractivity contribution in [1.82, 2.24) is 10.2 Å². The maximum atomic E-state index is 12.7. The van der Waals surface area contributed by atoms with E-state index in [0.717, 1.165) is 58.0 Å². The molecular formula is C41H66N2O8. The van der Waals surface area contributed by atoms with Crippen LogP contribution in [0.25, 0.3) is 0 Å². The standard InChI is InChI=1S/C41H66N2O8/c1-23-20-26(34(37(5,6)47)49-24(2)44)50-32-31(23)38(7)15-16-40-22-41(14-13-27(40)39(38,8)33(32)45)28(40)11-12-29(36(41,3)4)51-30-21-43(18-19-48-30)25-10-9-17-42-35(25)46/h23,25-34,45,47H,9-22H2,1-8H3,(H,42,46). The molecule has 10 nitrogen and oxygen atoms in total. The highest BCUT2D eigenvalue weighted by Crippen LogP contribution is 2.86. The fourth-order valence-corrected chi connectivity index (χ4v) is 15.1. The van der Waals surface area contributed by atoms with Gasteiger partial charge >= 0.3 is 5.97 Å². The summed E-state index contributed by atoms with van der Waals surface area (Å²) in [4.78, 5) is 27.1. The van der Waals surface area contributed by atoms with E-state index in [4.69, 9.17) is 18.9 Å². The van der Waals surface area contributed by atoms with Crippen LogP contribution < -0.4 is 5.32 Å². The van der Waals surface area contributed by atoms with Crippen molar-refractivity contribution in [3.8, 4) is 0 Å². The summed E-state index contributed by atoms with van der Waals surface area (Å²) in [6, 6.07) is -0.0814. The molecule has 3 aliphatic heterocycles. The topological polar surface area (TPSA) is 127 Å². The number of amides is 1. The van der Waals surface area contributed by atoms with E-state index in [-0.39, 0.29) is 69.4 Å². The lowest BCUT2D eigenvalue weighted by Gasteiger charge is -2.81. The Morgan fingerprint density at radius 2 is 1.84 bits per heavy atom. The number of aliphatic hydroxyl groups is 2. The molecule has 2 spiro atoms. The Morgan fingerprint density at radius 1 is 1.08 bits per heavy atom. The first-order chi connectivity index (χ1) is 23.9. The first kappa shape index (κ1) is 36.7. The van der Waals surface area contributed by atoms with Crippen molar-refractivity contribution in [2.75, 3.05) is 26.2 Å². The van der Waals surface area contributed by atoms with E-state index >= 15 is 0 Å². The zero-order valence-electron chi connectivity index (χ0n) is 32.5. The van der Waals surface area contributed by atoms with E-state index in [1.165, 1.54) is 19.8 Å². The zero-order valence-corrected chi connectivity index (χ0v) is 32.5. The summed E-state index contributed by atoms with van der Waals surface area (Å²) in [6.07, 6.45) is 8.04. The van der Waals surface area contributed by atoms with Crippen molar-refractivity contribution in [2.45, 2.75) is 168 Å². The highest BCUT2D eigenvalue weighted by atomic mass is 16.7. The van der Waals surface area contributed by atoms with Gasteiger partial charge in [-0.15, -0.1) is 0 Å². The van der Waals surface area contributed by atoms with E-state index in [1.54, 1.807) is 13.8 Å². The summed E-state index contributed by atoms with van der Waals surface area (Å²) in [6.45, 7) is 19.6. The van der Waals surface area contributed by atoms with Gasteiger partial charge in [0, 0.05) is 25.4 Å². The maximum Gasteiger partial charge on any atom is 0.303 e. The number of hydrogen-bond acceptors (Lipinski definition) is 9. The number of fused-ring (bicyclic) bond motifs is 4. The summed E-state index contributed by atoms with van der Waals surface area (Å²) < 4.78 is 25.7. The van der Waals surface area contributed by atoms with Gasteiger partial charge in [0.25, 0.3) is 0 Å². The molecule has 288 valence electrons. The molecule has 9 aliphatic rings. The Morgan fingerprint density at radius 3 is 2.55 bits per heavy atom. The Kier molecular flexibility index (Phi) is 8.70. The molecule has 3 N–H and O–H groups in total. The van der Waals surface area contributed by atoms with Crippen molar-refractivity contribution in [2.24, 2.45) is 50.7 Å². The van der Waals surface area contributed by atoms with Gasteiger partial charge in [0.2, 0.25) is 5.91 Å². The predicted octanol–water partition coefficient (Wildman–Crippen LogP) is 4.82. The molecule has 51 heavy (non-hydrogen) atoms. The molecule has 15 atom stereocenters. The number of nitrogens with zero attached hydrogens (tertiary/aromatic N) is 1. The molecule has 3 heterocycles. The predicted molar refractivity (Wildman–Crippen MR) is 190 cm³/mol. The Labute approximate surface area is 305 Å². The molecule has 2 bridgehead atoms. The lowest BCUT2D eigenvalue weighted by molar-refractivity contribution is -0.356. The molecule has 3 saturated heterocycles. The molecule has 0 aromatic heterocycles. The summed E-state index contributed by atoms with van der Waals surface area (Å²) in [5, 5.41) is 26.7. The van der Waals surface area contributed by atoms with Crippen LogP contribution in [0.4, 0.5) is 0 Å². The SMILES string of the molecule is CC(=O)OC(C1CC(C)C2C(O1)C(O)C1(C)C3CCC45CC3(CCC21C)C4CCC(OC1CN(C2CCCNC2=O)CCO1)C5(C)C)C(C)(C)O. The number of esters is 1. The third-order valence-corrected chi connectivity index (χ3v) is 17.4. The first-order valence-corrected chi connectivity index (χ1v) is 20.4. The highest BCUT2D eigenvalue weighted by Gasteiger charge is 2.82. The average molecular weight is 715 g/mol. The Balaban J connectivity index is 1.01. The highest BCUT2D eigenvalue weighted by molar-refractivity contribution is 5.82. The van der Waals surface area contributed by atoms with Gasteiger partial charge in [-0.25, -0.2) is 0 Å². The van der Waals surface area contributed by atoms with E-state index in [2.05, 4.69) is 44.8 Å². The minimum Gasteiger partial charge on any atom is -0.457 e. The fourth-order valence-electron chi connectivity index (χ4n) is 15.1. The van der Waals surface area contributed by atoms with E-state index in [0.29, 0.717) is 31.4 Å². The fraction of sp³-hybridized carbons (Fsp3) is 0.951. The van der Waals surface area contributed by atoms with Gasteiger partial charge in [0.1, 0.15) is 0 Å². The number of piperidine rings is 1. The van der Waals surface area contributed by atoms with Gasteiger partial charge in [-0.2, -0.15) is 0 Å². The van der Waals surface area contributed by atoms with Crippen LogP contribution in [0.15, 0.2) is 0 Å². The first-order valence-electron chi connectivity index (χ1n) is 20.4. The van der Waals surface area contributed by atoms with Crippen molar-refractivity contribution in [3.63, 3.8) is 0 Å². The third-order valence-electron chi connectivity index (χ3n) is 17.4. The quantitative estimate of drug-likeness (QED) is 0.332. The van der Waals surface area contributed by atoms with Crippen LogP contribution in [0.3, 0.4) is 0 Å². The summed E-state index contributed by atoms with van der Waals surface area (Å²) in [5.74, 6) is 1.19. The van der Waals surface area contributed by atoms with Gasteiger partial charge in [0.05, 0.1) is 49.2 Å². The normalized spacial score (nSPS) is 51.1. The van der Waals surface area contributed by atoms with Crippen LogP contribution in [-0.2, 0) is 28.5 Å². The van der Waals surface area contributed by atoms with Crippen molar-refractivity contribution < 1.29 is 38.7 Å². The van der Waals surface area contributed by atoms with Gasteiger partial charge in [-0.05, 0) is 123 Å². The summed E-state index contributed by atoms with van der Waals surface area (Å²) in [7, 11) is 0. The number of ether oxygens (including phenoxy) is 4. The molecule has 0 radical (unpaired) electrons. The largest absolute Gasteiger partial charge is 0.457 e. The Bertz CT molecular complexity index is 1400. The lowest BCUT2D eigenvalue weighted by atomic mass is 9.23. The molecule has 0 aromatic rings. The van der Waals surface area contributed by atoms with E-state index < -0.39 is 29.9 Å². The number of aliphatic hydroxyl groups excluding tert-OH is 1. The van der Waals surface area contributed by atoms with Crippen molar-refractivity contribution >= 4 is 11.9 Å². The number of carbonyl (C=O) groups is 2. The van der Waals surface area contributed by atoms with Crippen LogP contribution in [-0.4, -0.2) is 102 Å². The number of hydrogen-bond donors (Lipinski definition) is 3. The van der Waals surface area contributed by atoms with Crippen LogP contribution in [0.2, 0.25) is 0 Å². The minimum atomic E-state index is -1.26. The second-order valence-corrected chi connectivity index (χ2v) is 20.1. The molecule has 9 rings (SSSR count). The minimum absolute atomic E-state index is 0.0163. The number of carbonyl (C=O) groups excluding carboxylic acids is 2. The van der Waals surface area contributed by atoms with Gasteiger partial charge in [0.15, 0.2) is 12.4 Å². The van der Waals surface area contributed by atoms with Gasteiger partial charge < -0.3 is 34.5 Å². The third kappa shape index (κ3) is 5.00. The molecule has 6 aliphatic carbocycles. The van der Waals surface area contributed by atoms with Crippen molar-refractivity contribution in [1.29, 1.82) is 0 Å². The summed E-state index contributed by atoms with van der Waals surface area (Å²) in [5.41, 5.74) is -1.23. The molecule has 15 unspecified atom stereocenters. The maximum absolute atomic E-state index is 12.7. The van der Waals surface area contributed by atoms with Gasteiger partial charge in [-0.3, -0.25) is 14.5 Å².